The Morgan fingerprint density at radius 2 is 1.70 bits per heavy atom. The van der Waals surface area contributed by atoms with Crippen LogP contribution < -0.4 is 10.2 Å². The highest BCUT2D eigenvalue weighted by molar-refractivity contribution is 5.81. The lowest BCUT2D eigenvalue weighted by molar-refractivity contribution is -0.130. The van der Waals surface area contributed by atoms with Gasteiger partial charge >= 0.3 is 6.09 Å². The van der Waals surface area contributed by atoms with Crippen molar-refractivity contribution in [1.82, 2.24) is 9.80 Å². The second-order valence-corrected chi connectivity index (χ2v) is 6.59. The molecule has 0 aliphatic carbocycles. The van der Waals surface area contributed by atoms with Crippen molar-refractivity contribution in [3.05, 3.63) is 23.8 Å². The molecule has 150 valence electrons. The molecule has 2 amide bonds. The second kappa shape index (κ2) is 10.0. The first-order chi connectivity index (χ1) is 13.0. The third-order valence-electron chi connectivity index (χ3n) is 4.93. The number of carbonyl (C=O) groups excluding carboxylic acids is 2. The summed E-state index contributed by atoms with van der Waals surface area (Å²) >= 11 is 0. The van der Waals surface area contributed by atoms with Crippen LogP contribution in [0.15, 0.2) is 18.2 Å². The van der Waals surface area contributed by atoms with E-state index >= 15 is 0 Å². The van der Waals surface area contributed by atoms with Gasteiger partial charge in [0.05, 0.1) is 13.2 Å². The summed E-state index contributed by atoms with van der Waals surface area (Å²) in [6.45, 7) is 12.8. The molecule has 1 fully saturated rings. The summed E-state index contributed by atoms with van der Waals surface area (Å²) in [5.41, 5.74) is 3.30. The highest BCUT2D eigenvalue weighted by Crippen LogP contribution is 2.22. The van der Waals surface area contributed by atoms with Crippen LogP contribution >= 0.6 is 0 Å². The molecule has 0 aromatic heterocycles. The Labute approximate surface area is 162 Å². The van der Waals surface area contributed by atoms with Crippen LogP contribution in [0.25, 0.3) is 0 Å². The van der Waals surface area contributed by atoms with Crippen LogP contribution in [0, 0.1) is 6.92 Å². The molecule has 0 bridgehead atoms. The summed E-state index contributed by atoms with van der Waals surface area (Å²) in [6, 6.07) is 6.28. The van der Waals surface area contributed by atoms with E-state index in [2.05, 4.69) is 43.1 Å². The molecular formula is C20H32N4O3. The molecule has 27 heavy (non-hydrogen) atoms. The van der Waals surface area contributed by atoms with E-state index in [0.29, 0.717) is 32.8 Å². The number of anilines is 2. The van der Waals surface area contributed by atoms with Gasteiger partial charge in [0.1, 0.15) is 0 Å². The molecule has 1 N–H and O–H groups in total. The molecule has 2 rings (SSSR count). The van der Waals surface area contributed by atoms with Crippen molar-refractivity contribution in [1.29, 1.82) is 0 Å². The van der Waals surface area contributed by atoms with E-state index in [1.54, 1.807) is 16.7 Å². The van der Waals surface area contributed by atoms with Crippen molar-refractivity contribution < 1.29 is 14.3 Å². The minimum Gasteiger partial charge on any atom is -0.450 e. The minimum absolute atomic E-state index is 0.0470. The normalized spacial score (nSPS) is 14.1. The number of benzene rings is 1. The zero-order chi connectivity index (χ0) is 19.8. The maximum absolute atomic E-state index is 12.5. The van der Waals surface area contributed by atoms with Crippen LogP contribution in [0.4, 0.5) is 16.2 Å². The van der Waals surface area contributed by atoms with Crippen LogP contribution in [0.2, 0.25) is 0 Å². The lowest BCUT2D eigenvalue weighted by Crippen LogP contribution is -2.51. The number of aryl methyl sites for hydroxylation is 1. The van der Waals surface area contributed by atoms with Gasteiger partial charge < -0.3 is 24.8 Å². The van der Waals surface area contributed by atoms with Crippen molar-refractivity contribution in [3.8, 4) is 0 Å². The van der Waals surface area contributed by atoms with Gasteiger partial charge in [-0.3, -0.25) is 4.79 Å². The van der Waals surface area contributed by atoms with Crippen molar-refractivity contribution in [2.24, 2.45) is 0 Å². The zero-order valence-electron chi connectivity index (χ0n) is 17.0. The molecule has 1 aromatic rings. The Hall–Kier alpha value is -2.44. The van der Waals surface area contributed by atoms with Crippen LogP contribution in [0.3, 0.4) is 0 Å². The standard InChI is InChI=1S/C20H32N4O3/c1-5-22(6-2)17-8-9-18(16(4)14-17)21-15-19(25)23-10-12-24(13-11-23)20(26)27-7-3/h8-9,14,21H,5-7,10-13,15H2,1-4H3. The second-order valence-electron chi connectivity index (χ2n) is 6.59. The Kier molecular flexibility index (Phi) is 7.76. The predicted molar refractivity (Wildman–Crippen MR) is 108 cm³/mol. The van der Waals surface area contributed by atoms with Crippen LogP contribution in [0.5, 0.6) is 0 Å². The fraction of sp³-hybridized carbons (Fsp3) is 0.600. The highest BCUT2D eigenvalue weighted by atomic mass is 16.6. The fourth-order valence-electron chi connectivity index (χ4n) is 3.27. The van der Waals surface area contributed by atoms with Gasteiger partial charge in [0.15, 0.2) is 0 Å². The molecular weight excluding hydrogens is 344 g/mol. The highest BCUT2D eigenvalue weighted by Gasteiger charge is 2.24. The van der Waals surface area contributed by atoms with Gasteiger partial charge in [0.25, 0.3) is 0 Å². The van der Waals surface area contributed by atoms with E-state index < -0.39 is 0 Å². The van der Waals surface area contributed by atoms with Gasteiger partial charge in [-0.15, -0.1) is 0 Å². The number of hydrogen-bond acceptors (Lipinski definition) is 5. The van der Waals surface area contributed by atoms with Crippen molar-refractivity contribution >= 4 is 23.4 Å². The van der Waals surface area contributed by atoms with Gasteiger partial charge in [-0.25, -0.2) is 4.79 Å². The van der Waals surface area contributed by atoms with E-state index in [1.165, 1.54) is 5.69 Å². The van der Waals surface area contributed by atoms with Gasteiger partial charge in [-0.1, -0.05) is 0 Å². The molecule has 7 heteroatoms. The molecule has 0 spiro atoms. The first-order valence-electron chi connectivity index (χ1n) is 9.79. The van der Waals surface area contributed by atoms with Crippen LogP contribution in [-0.4, -0.2) is 74.2 Å². The number of hydrogen-bond donors (Lipinski definition) is 1. The molecule has 1 aliphatic rings. The first-order valence-corrected chi connectivity index (χ1v) is 9.79. The molecule has 1 aliphatic heterocycles. The smallest absolute Gasteiger partial charge is 0.409 e. The Morgan fingerprint density at radius 1 is 1.07 bits per heavy atom. The largest absolute Gasteiger partial charge is 0.450 e. The molecule has 0 radical (unpaired) electrons. The summed E-state index contributed by atoms with van der Waals surface area (Å²) in [5.74, 6) is 0.0470. The van der Waals surface area contributed by atoms with E-state index in [1.807, 2.05) is 6.07 Å². The Morgan fingerprint density at radius 3 is 2.26 bits per heavy atom. The quantitative estimate of drug-likeness (QED) is 0.792. The van der Waals surface area contributed by atoms with Gasteiger partial charge in [-0.05, 0) is 51.5 Å². The summed E-state index contributed by atoms with van der Waals surface area (Å²) < 4.78 is 5.01. The fourth-order valence-corrected chi connectivity index (χ4v) is 3.27. The third-order valence-corrected chi connectivity index (χ3v) is 4.93. The van der Waals surface area contributed by atoms with Crippen molar-refractivity contribution in [2.45, 2.75) is 27.7 Å². The maximum atomic E-state index is 12.5. The molecule has 1 heterocycles. The van der Waals surface area contributed by atoms with E-state index in [0.717, 1.165) is 24.3 Å². The summed E-state index contributed by atoms with van der Waals surface area (Å²) in [6.07, 6.45) is -0.299. The number of piperazine rings is 1. The number of amides is 2. The van der Waals surface area contributed by atoms with Crippen molar-refractivity contribution in [2.75, 3.05) is 62.6 Å². The summed E-state index contributed by atoms with van der Waals surface area (Å²) in [7, 11) is 0. The topological polar surface area (TPSA) is 65.1 Å². The van der Waals surface area contributed by atoms with E-state index in [-0.39, 0.29) is 18.5 Å². The molecule has 0 atom stereocenters. The molecule has 0 unspecified atom stereocenters. The zero-order valence-corrected chi connectivity index (χ0v) is 17.0. The molecule has 1 aromatic carbocycles. The average Bonchev–Trinajstić information content (AvgIpc) is 2.68. The summed E-state index contributed by atoms with van der Waals surface area (Å²) in [5, 5.41) is 3.25. The molecule has 1 saturated heterocycles. The SMILES string of the molecule is CCOC(=O)N1CCN(C(=O)CNc2ccc(N(CC)CC)cc2C)CC1. The molecule has 0 saturated carbocycles. The Bertz CT molecular complexity index is 638. The predicted octanol–water partition coefficient (Wildman–Crippen LogP) is 2.55. The monoisotopic (exact) mass is 376 g/mol. The van der Waals surface area contributed by atoms with Gasteiger partial charge in [0.2, 0.25) is 5.91 Å². The number of nitrogens with zero attached hydrogens (tertiary/aromatic N) is 3. The Balaban J connectivity index is 1.85. The first kappa shape index (κ1) is 20.9. The van der Waals surface area contributed by atoms with Crippen molar-refractivity contribution in [3.63, 3.8) is 0 Å². The maximum Gasteiger partial charge on any atom is 0.409 e. The number of ether oxygens (including phenoxy) is 1. The van der Waals surface area contributed by atoms with Gasteiger partial charge in [-0.2, -0.15) is 0 Å². The van der Waals surface area contributed by atoms with E-state index in [4.69, 9.17) is 4.74 Å². The van der Waals surface area contributed by atoms with E-state index in [9.17, 15) is 9.59 Å². The number of carbonyl (C=O) groups is 2. The average molecular weight is 377 g/mol. The third kappa shape index (κ3) is 5.52. The lowest BCUT2D eigenvalue weighted by Gasteiger charge is -2.34. The minimum atomic E-state index is -0.299. The lowest BCUT2D eigenvalue weighted by atomic mass is 10.1. The van der Waals surface area contributed by atoms with Gasteiger partial charge in [0, 0.05) is 50.6 Å². The number of rotatable bonds is 7. The summed E-state index contributed by atoms with van der Waals surface area (Å²) in [4.78, 5) is 29.9. The molecule has 7 nitrogen and oxygen atoms in total. The van der Waals surface area contributed by atoms with Crippen LogP contribution in [0.1, 0.15) is 26.3 Å². The van der Waals surface area contributed by atoms with Crippen LogP contribution in [-0.2, 0) is 9.53 Å². The number of nitrogens with one attached hydrogen (secondary N) is 1.